The fourth-order valence-electron chi connectivity index (χ4n) is 2.20. The van der Waals surface area contributed by atoms with Gasteiger partial charge in [0, 0.05) is 17.8 Å². The Balaban J connectivity index is 1.60. The summed E-state index contributed by atoms with van der Waals surface area (Å²) in [6.07, 6.45) is 0. The number of nitrogens with one attached hydrogen (secondary N) is 1. The van der Waals surface area contributed by atoms with Crippen LogP contribution < -0.4 is 14.8 Å². The first-order chi connectivity index (χ1) is 12.1. The topological polar surface area (TPSA) is 80.9 Å². The van der Waals surface area contributed by atoms with E-state index in [0.29, 0.717) is 22.9 Å². The molecule has 0 radical (unpaired) electrons. The van der Waals surface area contributed by atoms with Gasteiger partial charge in [-0.25, -0.2) is 0 Å². The van der Waals surface area contributed by atoms with Crippen LogP contribution in [-0.2, 0) is 6.61 Å². The number of amides is 1. The van der Waals surface area contributed by atoms with Crippen LogP contribution in [0.4, 0.5) is 5.69 Å². The number of rotatable bonds is 6. The summed E-state index contributed by atoms with van der Waals surface area (Å²) < 4.78 is 16.3. The average Bonchev–Trinajstić information content (AvgIpc) is 3.09. The Kier molecular flexibility index (Phi) is 4.89. The van der Waals surface area contributed by atoms with Gasteiger partial charge >= 0.3 is 0 Å². The molecule has 2 N–H and O–H groups in total. The molecule has 0 atom stereocenters. The number of ether oxygens (including phenoxy) is 2. The molecule has 3 aromatic rings. The molecule has 6 nitrogen and oxygen atoms in total. The van der Waals surface area contributed by atoms with Gasteiger partial charge in [-0.2, -0.15) is 0 Å². The molecule has 1 aromatic heterocycles. The number of benzene rings is 2. The minimum atomic E-state index is -0.404. The fraction of sp³-hybridized carbons (Fsp3) is 0.105. The second-order valence-electron chi connectivity index (χ2n) is 5.24. The molecule has 128 valence electrons. The Hall–Kier alpha value is -3.41. The summed E-state index contributed by atoms with van der Waals surface area (Å²) in [7, 11) is 1.59. The van der Waals surface area contributed by atoms with Crippen LogP contribution in [0.5, 0.6) is 17.2 Å². The monoisotopic (exact) mass is 339 g/mol. The first-order valence-corrected chi connectivity index (χ1v) is 7.60. The minimum Gasteiger partial charge on any atom is -0.508 e. The van der Waals surface area contributed by atoms with Crippen LogP contribution in [0, 0.1) is 0 Å². The number of anilines is 1. The molecule has 0 fully saturated rings. The lowest BCUT2D eigenvalue weighted by molar-refractivity contribution is 0.0992. The predicted molar refractivity (Wildman–Crippen MR) is 92.1 cm³/mol. The van der Waals surface area contributed by atoms with Crippen molar-refractivity contribution in [3.05, 3.63) is 72.2 Å². The summed E-state index contributed by atoms with van der Waals surface area (Å²) in [6, 6.07) is 16.8. The summed E-state index contributed by atoms with van der Waals surface area (Å²) in [6.45, 7) is 0.187. The van der Waals surface area contributed by atoms with E-state index in [0.717, 1.165) is 0 Å². The molecule has 0 unspecified atom stereocenters. The van der Waals surface area contributed by atoms with Crippen molar-refractivity contribution in [2.75, 3.05) is 12.4 Å². The highest BCUT2D eigenvalue weighted by atomic mass is 16.5. The molecule has 0 aliphatic carbocycles. The highest BCUT2D eigenvalue weighted by Gasteiger charge is 2.12. The number of furan rings is 1. The molecule has 0 saturated carbocycles. The number of phenols is 1. The minimum absolute atomic E-state index is 0.0737. The molecule has 1 amide bonds. The van der Waals surface area contributed by atoms with Gasteiger partial charge in [0.05, 0.1) is 7.11 Å². The Morgan fingerprint density at radius 2 is 1.88 bits per heavy atom. The van der Waals surface area contributed by atoms with E-state index in [1.807, 2.05) is 12.1 Å². The van der Waals surface area contributed by atoms with Crippen molar-refractivity contribution in [3.63, 3.8) is 0 Å². The molecular weight excluding hydrogens is 322 g/mol. The number of methoxy groups -OCH3 is 1. The van der Waals surface area contributed by atoms with Crippen LogP contribution in [0.1, 0.15) is 16.3 Å². The van der Waals surface area contributed by atoms with Crippen molar-refractivity contribution in [1.29, 1.82) is 0 Å². The summed E-state index contributed by atoms with van der Waals surface area (Å²) in [5.41, 5.74) is 0.482. The maximum Gasteiger partial charge on any atom is 0.291 e. The molecule has 2 aromatic carbocycles. The molecule has 0 aliphatic rings. The van der Waals surface area contributed by atoms with Gasteiger partial charge in [-0.3, -0.25) is 4.79 Å². The fourth-order valence-corrected chi connectivity index (χ4v) is 2.20. The zero-order valence-electron chi connectivity index (χ0n) is 13.6. The second kappa shape index (κ2) is 7.44. The van der Waals surface area contributed by atoms with E-state index in [-0.39, 0.29) is 18.1 Å². The molecule has 6 heteroatoms. The molecule has 0 spiro atoms. The van der Waals surface area contributed by atoms with Gasteiger partial charge in [-0.15, -0.1) is 0 Å². The van der Waals surface area contributed by atoms with E-state index >= 15 is 0 Å². The maximum absolute atomic E-state index is 12.2. The molecule has 3 rings (SSSR count). The van der Waals surface area contributed by atoms with Crippen molar-refractivity contribution < 1.29 is 23.8 Å². The van der Waals surface area contributed by atoms with Crippen LogP contribution in [0.3, 0.4) is 0 Å². The van der Waals surface area contributed by atoms with E-state index in [1.165, 1.54) is 12.1 Å². The summed E-state index contributed by atoms with van der Waals surface area (Å²) in [5.74, 6) is 1.68. The van der Waals surface area contributed by atoms with Gasteiger partial charge in [0.2, 0.25) is 0 Å². The van der Waals surface area contributed by atoms with E-state index in [4.69, 9.17) is 13.9 Å². The van der Waals surface area contributed by atoms with Crippen LogP contribution in [0.25, 0.3) is 0 Å². The molecule has 0 saturated heterocycles. The Morgan fingerprint density at radius 1 is 1.08 bits per heavy atom. The highest BCUT2D eigenvalue weighted by Crippen LogP contribution is 2.21. The first kappa shape index (κ1) is 16.4. The Labute approximate surface area is 144 Å². The average molecular weight is 339 g/mol. The molecular formula is C19H17NO5. The number of hydrogen-bond donors (Lipinski definition) is 2. The van der Waals surface area contributed by atoms with E-state index in [2.05, 4.69) is 5.32 Å². The smallest absolute Gasteiger partial charge is 0.291 e. The van der Waals surface area contributed by atoms with Gasteiger partial charge in [0.15, 0.2) is 5.76 Å². The van der Waals surface area contributed by atoms with E-state index < -0.39 is 5.91 Å². The van der Waals surface area contributed by atoms with Crippen molar-refractivity contribution in [2.45, 2.75) is 6.61 Å². The normalized spacial score (nSPS) is 10.3. The zero-order chi connectivity index (χ0) is 17.6. The molecule has 1 heterocycles. The SMILES string of the molecule is COc1cccc(OCc2ccc(C(=O)Nc3cccc(O)c3)o2)c1. The van der Waals surface area contributed by atoms with Gasteiger partial charge in [0.25, 0.3) is 5.91 Å². The quantitative estimate of drug-likeness (QED) is 0.713. The molecule has 0 aliphatic heterocycles. The highest BCUT2D eigenvalue weighted by molar-refractivity contribution is 6.02. The van der Waals surface area contributed by atoms with Gasteiger partial charge < -0.3 is 24.3 Å². The van der Waals surface area contributed by atoms with Crippen molar-refractivity contribution in [2.24, 2.45) is 0 Å². The maximum atomic E-state index is 12.2. The molecule has 25 heavy (non-hydrogen) atoms. The zero-order valence-corrected chi connectivity index (χ0v) is 13.6. The van der Waals surface area contributed by atoms with Crippen LogP contribution in [-0.4, -0.2) is 18.1 Å². The lowest BCUT2D eigenvalue weighted by Crippen LogP contribution is -2.10. The third-order valence-corrected chi connectivity index (χ3v) is 3.41. The van der Waals surface area contributed by atoms with Gasteiger partial charge in [-0.1, -0.05) is 12.1 Å². The van der Waals surface area contributed by atoms with Crippen LogP contribution in [0.2, 0.25) is 0 Å². The number of carbonyl (C=O) groups excluding carboxylic acids is 1. The standard InChI is InChI=1S/C19H17NO5/c1-23-15-6-3-7-16(11-15)24-12-17-8-9-18(25-17)19(22)20-13-4-2-5-14(21)10-13/h2-11,21H,12H2,1H3,(H,20,22). The van der Waals surface area contributed by atoms with E-state index in [9.17, 15) is 9.90 Å². The summed E-state index contributed by atoms with van der Waals surface area (Å²) >= 11 is 0. The lowest BCUT2D eigenvalue weighted by atomic mass is 10.3. The number of phenolic OH excluding ortho intramolecular Hbond substituents is 1. The third-order valence-electron chi connectivity index (χ3n) is 3.41. The number of aromatic hydroxyl groups is 1. The van der Waals surface area contributed by atoms with Crippen molar-refractivity contribution >= 4 is 11.6 Å². The Bertz CT molecular complexity index is 872. The summed E-state index contributed by atoms with van der Waals surface area (Å²) in [4.78, 5) is 12.2. The number of hydrogen-bond acceptors (Lipinski definition) is 5. The number of carbonyl (C=O) groups is 1. The van der Waals surface area contributed by atoms with Crippen molar-refractivity contribution in [1.82, 2.24) is 0 Å². The molecule has 0 bridgehead atoms. The van der Waals surface area contributed by atoms with E-state index in [1.54, 1.807) is 43.5 Å². The van der Waals surface area contributed by atoms with Crippen molar-refractivity contribution in [3.8, 4) is 17.2 Å². The predicted octanol–water partition coefficient (Wildman–Crippen LogP) is 3.83. The van der Waals surface area contributed by atoms with Gasteiger partial charge in [-0.05, 0) is 36.4 Å². The summed E-state index contributed by atoms with van der Waals surface area (Å²) in [5, 5.41) is 12.1. The lowest BCUT2D eigenvalue weighted by Gasteiger charge is -2.06. The Morgan fingerprint density at radius 3 is 2.68 bits per heavy atom. The second-order valence-corrected chi connectivity index (χ2v) is 5.24. The first-order valence-electron chi connectivity index (χ1n) is 7.60. The van der Waals surface area contributed by atoms with Crippen LogP contribution in [0.15, 0.2) is 65.1 Å². The van der Waals surface area contributed by atoms with Gasteiger partial charge in [0.1, 0.15) is 29.6 Å². The van der Waals surface area contributed by atoms with Crippen LogP contribution >= 0.6 is 0 Å². The largest absolute Gasteiger partial charge is 0.508 e. The third kappa shape index (κ3) is 4.32.